The zero-order valence-electron chi connectivity index (χ0n) is 15.6. The van der Waals surface area contributed by atoms with E-state index in [2.05, 4.69) is 21.4 Å². The summed E-state index contributed by atoms with van der Waals surface area (Å²) in [6, 6.07) is 7.74. The van der Waals surface area contributed by atoms with Crippen LogP contribution in [0.25, 0.3) is 10.9 Å². The van der Waals surface area contributed by atoms with Crippen molar-refractivity contribution in [3.8, 4) is 0 Å². The van der Waals surface area contributed by atoms with Gasteiger partial charge in [0, 0.05) is 50.5 Å². The van der Waals surface area contributed by atoms with Crippen LogP contribution in [0, 0.1) is 13.8 Å². The molecule has 0 bridgehead atoms. The van der Waals surface area contributed by atoms with Crippen LogP contribution in [0.4, 0.5) is 5.69 Å². The van der Waals surface area contributed by atoms with Crippen LogP contribution in [0.5, 0.6) is 0 Å². The van der Waals surface area contributed by atoms with Gasteiger partial charge >= 0.3 is 0 Å². The predicted octanol–water partition coefficient (Wildman–Crippen LogP) is 2.06. The summed E-state index contributed by atoms with van der Waals surface area (Å²) >= 11 is 0. The fraction of sp³-hybridized carbons (Fsp3) is 0.389. The largest absolute Gasteiger partial charge is 0.368 e. The Kier molecular flexibility index (Phi) is 5.24. The number of aromatic nitrogens is 3. The van der Waals surface area contributed by atoms with E-state index in [4.69, 9.17) is 0 Å². The van der Waals surface area contributed by atoms with Crippen LogP contribution in [-0.4, -0.2) is 48.3 Å². The van der Waals surface area contributed by atoms with Crippen molar-refractivity contribution in [3.05, 3.63) is 41.9 Å². The zero-order chi connectivity index (χ0) is 18.5. The molecule has 1 aliphatic heterocycles. The third-order valence-electron chi connectivity index (χ3n) is 5.09. The summed E-state index contributed by atoms with van der Waals surface area (Å²) in [6.45, 7) is 7.21. The monoisotopic (exact) mass is 409 g/mol. The molecule has 1 fully saturated rings. The van der Waals surface area contributed by atoms with E-state index in [0.717, 1.165) is 37.3 Å². The highest BCUT2D eigenvalue weighted by molar-refractivity contribution is 7.90. The van der Waals surface area contributed by atoms with Crippen LogP contribution in [0.15, 0.2) is 35.4 Å². The normalized spacial score (nSPS) is 15.1. The first-order chi connectivity index (χ1) is 12.4. The Hall–Kier alpha value is -2.03. The lowest BCUT2D eigenvalue weighted by Gasteiger charge is -2.30. The summed E-state index contributed by atoms with van der Waals surface area (Å²) in [5.41, 5.74) is 2.94. The number of hydrogen-bond donors (Lipinski definition) is 1. The van der Waals surface area contributed by atoms with Gasteiger partial charge in [0.1, 0.15) is 4.90 Å². The topological polar surface area (TPSA) is 72.2 Å². The van der Waals surface area contributed by atoms with Gasteiger partial charge in [0.25, 0.3) is 10.0 Å². The van der Waals surface area contributed by atoms with Crippen molar-refractivity contribution in [1.29, 1.82) is 0 Å². The van der Waals surface area contributed by atoms with Gasteiger partial charge in [-0.2, -0.15) is 5.10 Å². The summed E-state index contributed by atoms with van der Waals surface area (Å²) in [7, 11) is -1.95. The SMILES string of the molecule is Cc1nn(C)c(C)c1S(=O)(=O)n1ccc2c(N3CCNCC3)cccc21.Cl. The van der Waals surface area contributed by atoms with Crippen molar-refractivity contribution in [2.24, 2.45) is 7.05 Å². The maximum absolute atomic E-state index is 13.3. The van der Waals surface area contributed by atoms with Gasteiger partial charge in [-0.3, -0.25) is 4.68 Å². The lowest BCUT2D eigenvalue weighted by molar-refractivity contribution is 0.587. The number of aryl methyl sites for hydroxylation is 2. The first-order valence-corrected chi connectivity index (χ1v) is 10.2. The van der Waals surface area contributed by atoms with E-state index in [1.807, 2.05) is 18.2 Å². The molecular formula is C18H24ClN5O2S. The Balaban J connectivity index is 0.00000210. The fourth-order valence-corrected chi connectivity index (χ4v) is 5.50. The quantitative estimate of drug-likeness (QED) is 0.716. The van der Waals surface area contributed by atoms with Crippen molar-refractivity contribution in [3.63, 3.8) is 0 Å². The average molecular weight is 410 g/mol. The molecule has 1 aromatic carbocycles. The van der Waals surface area contributed by atoms with Crippen LogP contribution in [-0.2, 0) is 17.1 Å². The van der Waals surface area contributed by atoms with Gasteiger partial charge in [-0.15, -0.1) is 12.4 Å². The molecular weight excluding hydrogens is 386 g/mol. The maximum atomic E-state index is 13.3. The molecule has 3 heterocycles. The molecule has 0 aliphatic carbocycles. The molecule has 0 spiro atoms. The van der Waals surface area contributed by atoms with Crippen LogP contribution in [0.2, 0.25) is 0 Å². The number of nitrogens with zero attached hydrogens (tertiary/aromatic N) is 4. The maximum Gasteiger partial charge on any atom is 0.271 e. The molecule has 0 amide bonds. The number of anilines is 1. The second-order valence-corrected chi connectivity index (χ2v) is 8.44. The molecule has 9 heteroatoms. The summed E-state index contributed by atoms with van der Waals surface area (Å²) in [5, 5.41) is 8.57. The Labute approximate surface area is 165 Å². The van der Waals surface area contributed by atoms with Crippen LogP contribution in [0.3, 0.4) is 0 Å². The van der Waals surface area contributed by atoms with Crippen molar-refractivity contribution in [2.75, 3.05) is 31.1 Å². The number of rotatable bonds is 3. The van der Waals surface area contributed by atoms with Gasteiger partial charge in [-0.1, -0.05) is 6.07 Å². The lowest BCUT2D eigenvalue weighted by atomic mass is 10.2. The van der Waals surface area contributed by atoms with E-state index in [1.54, 1.807) is 31.8 Å². The van der Waals surface area contributed by atoms with E-state index >= 15 is 0 Å². The third kappa shape index (κ3) is 3.11. The van der Waals surface area contributed by atoms with E-state index in [-0.39, 0.29) is 17.3 Å². The first-order valence-electron chi connectivity index (χ1n) is 8.73. The molecule has 3 aromatic rings. The number of hydrogen-bond acceptors (Lipinski definition) is 5. The highest BCUT2D eigenvalue weighted by Gasteiger charge is 2.27. The van der Waals surface area contributed by atoms with E-state index in [0.29, 0.717) is 16.9 Å². The standard InChI is InChI=1S/C18H23N5O2S.ClH/c1-13-18(14(2)21(3)20-13)26(24,25)23-10-7-15-16(5-4-6-17(15)23)22-11-8-19-9-12-22;/h4-7,10,19H,8-9,11-12H2,1-3H3;1H. The minimum absolute atomic E-state index is 0. The van der Waals surface area contributed by atoms with Crippen molar-refractivity contribution in [1.82, 2.24) is 19.1 Å². The third-order valence-corrected chi connectivity index (χ3v) is 7.03. The van der Waals surface area contributed by atoms with Gasteiger partial charge in [-0.25, -0.2) is 12.4 Å². The van der Waals surface area contributed by atoms with Gasteiger partial charge in [0.2, 0.25) is 0 Å². The van der Waals surface area contributed by atoms with Crippen molar-refractivity contribution >= 4 is 39.0 Å². The molecule has 7 nitrogen and oxygen atoms in total. The molecule has 1 N–H and O–H groups in total. The van der Waals surface area contributed by atoms with Crippen molar-refractivity contribution in [2.45, 2.75) is 18.7 Å². The number of halogens is 1. The summed E-state index contributed by atoms with van der Waals surface area (Å²) in [4.78, 5) is 2.58. The highest BCUT2D eigenvalue weighted by Crippen LogP contribution is 2.31. The van der Waals surface area contributed by atoms with Crippen LogP contribution in [0.1, 0.15) is 11.4 Å². The molecule has 0 radical (unpaired) electrons. The zero-order valence-corrected chi connectivity index (χ0v) is 17.3. The molecule has 0 atom stereocenters. The minimum atomic E-state index is -3.71. The first kappa shape index (κ1) is 19.7. The highest BCUT2D eigenvalue weighted by atomic mass is 35.5. The van der Waals surface area contributed by atoms with E-state index in [9.17, 15) is 8.42 Å². The van der Waals surface area contributed by atoms with E-state index < -0.39 is 10.0 Å². The minimum Gasteiger partial charge on any atom is -0.368 e. The molecule has 1 saturated heterocycles. The fourth-order valence-electron chi connectivity index (χ4n) is 3.74. The second kappa shape index (κ2) is 7.18. The van der Waals surface area contributed by atoms with E-state index in [1.165, 1.54) is 3.97 Å². The Morgan fingerprint density at radius 3 is 2.44 bits per heavy atom. The number of piperazine rings is 1. The molecule has 146 valence electrons. The summed E-state index contributed by atoms with van der Waals surface area (Å²) in [5.74, 6) is 0. The average Bonchev–Trinajstić information content (AvgIpc) is 3.17. The molecule has 2 aromatic heterocycles. The van der Waals surface area contributed by atoms with Crippen molar-refractivity contribution < 1.29 is 8.42 Å². The molecule has 4 rings (SSSR count). The predicted molar refractivity (Wildman–Crippen MR) is 110 cm³/mol. The number of nitrogens with one attached hydrogen (secondary N) is 1. The molecule has 1 aliphatic rings. The second-order valence-electron chi connectivity index (χ2n) is 6.69. The Morgan fingerprint density at radius 1 is 1.11 bits per heavy atom. The molecule has 0 unspecified atom stereocenters. The number of benzene rings is 1. The molecule has 0 saturated carbocycles. The van der Waals surface area contributed by atoms with Gasteiger partial charge in [0.15, 0.2) is 0 Å². The van der Waals surface area contributed by atoms with Crippen LogP contribution < -0.4 is 10.2 Å². The Morgan fingerprint density at radius 2 is 1.81 bits per heavy atom. The summed E-state index contributed by atoms with van der Waals surface area (Å²) < 4.78 is 29.7. The van der Waals surface area contributed by atoms with Gasteiger partial charge in [-0.05, 0) is 32.0 Å². The van der Waals surface area contributed by atoms with Crippen LogP contribution >= 0.6 is 12.4 Å². The lowest BCUT2D eigenvalue weighted by Crippen LogP contribution is -2.43. The van der Waals surface area contributed by atoms with Gasteiger partial charge in [0.05, 0.1) is 16.9 Å². The van der Waals surface area contributed by atoms with Gasteiger partial charge < -0.3 is 10.2 Å². The smallest absolute Gasteiger partial charge is 0.271 e. The molecule has 27 heavy (non-hydrogen) atoms. The number of fused-ring (bicyclic) bond motifs is 1. The summed E-state index contributed by atoms with van der Waals surface area (Å²) in [6.07, 6.45) is 1.65. The Bertz CT molecular complexity index is 1080.